The second-order valence-electron chi connectivity index (χ2n) is 4.85. The minimum absolute atomic E-state index is 0.0565. The first-order valence-corrected chi connectivity index (χ1v) is 6.22. The fraction of sp³-hybridized carbons (Fsp3) is 0.500. The van der Waals surface area contributed by atoms with Gasteiger partial charge in [-0.25, -0.2) is 8.78 Å². The van der Waals surface area contributed by atoms with Crippen molar-refractivity contribution in [2.24, 2.45) is 0 Å². The van der Waals surface area contributed by atoms with Crippen LogP contribution in [0.3, 0.4) is 0 Å². The van der Waals surface area contributed by atoms with Crippen molar-refractivity contribution >= 4 is 5.91 Å². The van der Waals surface area contributed by atoms with Crippen molar-refractivity contribution in [1.29, 1.82) is 0 Å². The van der Waals surface area contributed by atoms with Crippen molar-refractivity contribution < 1.29 is 18.3 Å². The van der Waals surface area contributed by atoms with Gasteiger partial charge in [0.25, 0.3) is 5.91 Å². The first kappa shape index (κ1) is 15.4. The Balaban J connectivity index is 2.65. The second kappa shape index (κ2) is 6.50. The molecule has 0 fully saturated rings. The molecule has 106 valence electrons. The molecule has 1 amide bonds. The van der Waals surface area contributed by atoms with Crippen LogP contribution in [0.5, 0.6) is 5.75 Å². The van der Waals surface area contributed by atoms with Gasteiger partial charge in [0.2, 0.25) is 0 Å². The van der Waals surface area contributed by atoms with Crippen LogP contribution in [0, 0.1) is 11.6 Å². The summed E-state index contributed by atoms with van der Waals surface area (Å²) in [6.45, 7) is 7.46. The highest BCUT2D eigenvalue weighted by Gasteiger charge is 2.20. The maximum atomic E-state index is 13.0. The first-order chi connectivity index (χ1) is 8.82. The molecular formula is C14H19F2NO2. The molecule has 0 bridgehead atoms. The Kier molecular flexibility index (Phi) is 5.27. The lowest BCUT2D eigenvalue weighted by atomic mass is 10.2. The van der Waals surface area contributed by atoms with Crippen LogP contribution in [0.1, 0.15) is 27.7 Å². The van der Waals surface area contributed by atoms with Crippen molar-refractivity contribution in [3.05, 3.63) is 29.8 Å². The molecule has 0 saturated heterocycles. The van der Waals surface area contributed by atoms with Crippen molar-refractivity contribution in [3.63, 3.8) is 0 Å². The Morgan fingerprint density at radius 2 is 1.74 bits per heavy atom. The third-order valence-electron chi connectivity index (χ3n) is 2.65. The predicted octanol–water partition coefficient (Wildman–Crippen LogP) is 2.99. The van der Waals surface area contributed by atoms with E-state index in [9.17, 15) is 13.6 Å². The third-order valence-corrected chi connectivity index (χ3v) is 2.65. The molecule has 3 nitrogen and oxygen atoms in total. The molecule has 5 heteroatoms. The molecular weight excluding hydrogens is 252 g/mol. The van der Waals surface area contributed by atoms with E-state index in [2.05, 4.69) is 0 Å². The number of hydrogen-bond acceptors (Lipinski definition) is 2. The molecule has 1 aromatic carbocycles. The van der Waals surface area contributed by atoms with E-state index in [0.29, 0.717) is 0 Å². The summed E-state index contributed by atoms with van der Waals surface area (Å²) in [5, 5.41) is 0. The zero-order valence-corrected chi connectivity index (χ0v) is 11.6. The number of ether oxygens (including phenoxy) is 1. The molecule has 0 N–H and O–H groups in total. The van der Waals surface area contributed by atoms with E-state index in [-0.39, 0.29) is 30.3 Å². The standard InChI is InChI=1S/C14H19F2NO2/c1-9(2)17(10(3)4)14(18)8-19-11-5-6-12(15)13(16)7-11/h5-7,9-10H,8H2,1-4H3. The average molecular weight is 271 g/mol. The lowest BCUT2D eigenvalue weighted by Gasteiger charge is -2.30. The summed E-state index contributed by atoms with van der Waals surface area (Å²) in [4.78, 5) is 13.7. The minimum atomic E-state index is -0.991. The largest absolute Gasteiger partial charge is 0.484 e. The number of amides is 1. The lowest BCUT2D eigenvalue weighted by molar-refractivity contribution is -0.136. The number of benzene rings is 1. The van der Waals surface area contributed by atoms with Crippen molar-refractivity contribution in [1.82, 2.24) is 4.90 Å². The topological polar surface area (TPSA) is 29.5 Å². The Morgan fingerprint density at radius 3 is 2.21 bits per heavy atom. The molecule has 1 rings (SSSR count). The van der Waals surface area contributed by atoms with Gasteiger partial charge in [-0.05, 0) is 39.8 Å². The van der Waals surface area contributed by atoms with E-state index in [1.54, 1.807) is 4.90 Å². The molecule has 0 radical (unpaired) electrons. The Morgan fingerprint density at radius 1 is 1.16 bits per heavy atom. The molecule has 0 saturated carbocycles. The number of carbonyl (C=O) groups excluding carboxylic acids is 1. The normalized spacial score (nSPS) is 10.9. The van der Waals surface area contributed by atoms with Crippen LogP contribution in [-0.2, 0) is 4.79 Å². The fourth-order valence-electron chi connectivity index (χ4n) is 1.96. The monoisotopic (exact) mass is 271 g/mol. The summed E-state index contributed by atoms with van der Waals surface area (Å²) in [6.07, 6.45) is 0. The van der Waals surface area contributed by atoms with E-state index < -0.39 is 11.6 Å². The number of carbonyl (C=O) groups is 1. The summed E-state index contributed by atoms with van der Waals surface area (Å²) in [6, 6.07) is 3.30. The summed E-state index contributed by atoms with van der Waals surface area (Å²) in [5.74, 6) is -1.98. The summed E-state index contributed by atoms with van der Waals surface area (Å²) in [7, 11) is 0. The highest BCUT2D eigenvalue weighted by atomic mass is 19.2. The van der Waals surface area contributed by atoms with Gasteiger partial charge in [-0.3, -0.25) is 4.79 Å². The zero-order chi connectivity index (χ0) is 14.6. The maximum Gasteiger partial charge on any atom is 0.260 e. The van der Waals surface area contributed by atoms with Crippen molar-refractivity contribution in [2.45, 2.75) is 39.8 Å². The Hall–Kier alpha value is -1.65. The smallest absolute Gasteiger partial charge is 0.260 e. The number of rotatable bonds is 5. The SMILES string of the molecule is CC(C)N(C(=O)COc1ccc(F)c(F)c1)C(C)C. The van der Waals surface area contributed by atoms with Gasteiger partial charge in [-0.2, -0.15) is 0 Å². The van der Waals surface area contributed by atoms with Gasteiger partial charge in [0.1, 0.15) is 5.75 Å². The molecule has 0 aliphatic heterocycles. The van der Waals surface area contributed by atoms with E-state index in [1.807, 2.05) is 27.7 Å². The van der Waals surface area contributed by atoms with E-state index in [1.165, 1.54) is 6.07 Å². The van der Waals surface area contributed by atoms with Gasteiger partial charge in [0.15, 0.2) is 18.2 Å². The molecule has 0 aliphatic carbocycles. The molecule has 0 unspecified atom stereocenters. The average Bonchev–Trinajstić information content (AvgIpc) is 2.29. The van der Waals surface area contributed by atoms with Crippen LogP contribution >= 0.6 is 0 Å². The van der Waals surface area contributed by atoms with Crippen molar-refractivity contribution in [2.75, 3.05) is 6.61 Å². The minimum Gasteiger partial charge on any atom is -0.484 e. The molecule has 0 aromatic heterocycles. The fourth-order valence-corrected chi connectivity index (χ4v) is 1.96. The second-order valence-corrected chi connectivity index (χ2v) is 4.85. The molecule has 0 heterocycles. The molecule has 1 aromatic rings. The van der Waals surface area contributed by atoms with Crippen LogP contribution in [-0.4, -0.2) is 29.5 Å². The van der Waals surface area contributed by atoms with Gasteiger partial charge in [-0.15, -0.1) is 0 Å². The highest BCUT2D eigenvalue weighted by Crippen LogP contribution is 2.16. The first-order valence-electron chi connectivity index (χ1n) is 6.22. The van der Waals surface area contributed by atoms with Crippen LogP contribution in [0.15, 0.2) is 18.2 Å². The molecule has 0 atom stereocenters. The number of halogens is 2. The quantitative estimate of drug-likeness (QED) is 0.824. The number of nitrogens with zero attached hydrogens (tertiary/aromatic N) is 1. The predicted molar refractivity (Wildman–Crippen MR) is 69.0 cm³/mol. The van der Waals surface area contributed by atoms with Gasteiger partial charge >= 0.3 is 0 Å². The summed E-state index contributed by atoms with van der Waals surface area (Å²) >= 11 is 0. The summed E-state index contributed by atoms with van der Waals surface area (Å²) < 4.78 is 30.9. The van der Waals surface area contributed by atoms with Crippen LogP contribution in [0.4, 0.5) is 8.78 Å². The van der Waals surface area contributed by atoms with Gasteiger partial charge in [-0.1, -0.05) is 0 Å². The van der Waals surface area contributed by atoms with Crippen LogP contribution < -0.4 is 4.74 Å². The van der Waals surface area contributed by atoms with Gasteiger partial charge in [0.05, 0.1) is 0 Å². The van der Waals surface area contributed by atoms with E-state index in [0.717, 1.165) is 12.1 Å². The Bertz CT molecular complexity index is 439. The van der Waals surface area contributed by atoms with Crippen LogP contribution in [0.2, 0.25) is 0 Å². The molecule has 0 aliphatic rings. The molecule has 0 spiro atoms. The lowest BCUT2D eigenvalue weighted by Crippen LogP contribution is -2.44. The zero-order valence-electron chi connectivity index (χ0n) is 11.6. The van der Waals surface area contributed by atoms with Crippen molar-refractivity contribution in [3.8, 4) is 5.75 Å². The van der Waals surface area contributed by atoms with E-state index >= 15 is 0 Å². The Labute approximate surface area is 112 Å². The third kappa shape index (κ3) is 4.19. The highest BCUT2D eigenvalue weighted by molar-refractivity contribution is 5.78. The maximum absolute atomic E-state index is 13.0. The van der Waals surface area contributed by atoms with Gasteiger partial charge < -0.3 is 9.64 Å². The molecule has 19 heavy (non-hydrogen) atoms. The number of hydrogen-bond donors (Lipinski definition) is 0. The van der Waals surface area contributed by atoms with E-state index in [4.69, 9.17) is 4.74 Å². The van der Waals surface area contributed by atoms with Crippen LogP contribution in [0.25, 0.3) is 0 Å². The van der Waals surface area contributed by atoms with Gasteiger partial charge in [0, 0.05) is 18.2 Å². The summed E-state index contributed by atoms with van der Waals surface area (Å²) in [5.41, 5.74) is 0.